The van der Waals surface area contributed by atoms with E-state index in [1.165, 1.54) is 12.1 Å². The minimum absolute atomic E-state index is 0.0426. The highest BCUT2D eigenvalue weighted by atomic mass is 35.5. The molecule has 0 heterocycles. The molecule has 6 nitrogen and oxygen atoms in total. The van der Waals surface area contributed by atoms with Gasteiger partial charge in [-0.25, -0.2) is 17.9 Å². The lowest BCUT2D eigenvalue weighted by atomic mass is 10.1. The number of carbonyl (C=O) groups is 1. The van der Waals surface area contributed by atoms with Gasteiger partial charge < -0.3 is 10.2 Å². The average molecular weight is 322 g/mol. The Hall–Kier alpha value is -1.15. The van der Waals surface area contributed by atoms with Crippen LogP contribution in [0.4, 0.5) is 0 Å². The number of aliphatic hydroxyl groups excluding tert-OH is 1. The number of aliphatic hydroxyl groups is 1. The minimum Gasteiger partial charge on any atom is -0.478 e. The maximum absolute atomic E-state index is 12.1. The third-order valence-corrected chi connectivity index (χ3v) is 4.60. The summed E-state index contributed by atoms with van der Waals surface area (Å²) in [5, 5.41) is 18.0. The van der Waals surface area contributed by atoms with Crippen LogP contribution in [0.3, 0.4) is 0 Å². The Bertz CT molecular complexity index is 600. The maximum atomic E-state index is 12.1. The van der Waals surface area contributed by atoms with Crippen molar-refractivity contribution in [3.8, 4) is 0 Å². The molecule has 1 unspecified atom stereocenters. The van der Waals surface area contributed by atoms with Crippen LogP contribution >= 0.6 is 11.6 Å². The highest BCUT2D eigenvalue weighted by molar-refractivity contribution is 7.89. The highest BCUT2D eigenvalue weighted by Crippen LogP contribution is 2.21. The van der Waals surface area contributed by atoms with Crippen molar-refractivity contribution >= 4 is 27.6 Å². The van der Waals surface area contributed by atoms with E-state index in [4.69, 9.17) is 21.8 Å². The van der Waals surface area contributed by atoms with Crippen molar-refractivity contribution in [1.82, 2.24) is 4.72 Å². The fraction of sp³-hybridized carbons (Fsp3) is 0.417. The zero-order valence-corrected chi connectivity index (χ0v) is 12.6. The van der Waals surface area contributed by atoms with Gasteiger partial charge in [-0.1, -0.05) is 25.4 Å². The van der Waals surface area contributed by atoms with E-state index in [-0.39, 0.29) is 28.0 Å². The number of rotatable bonds is 6. The Balaban J connectivity index is 3.16. The molecule has 0 aliphatic rings. The summed E-state index contributed by atoms with van der Waals surface area (Å²) in [5.41, 5.74) is -0.292. The van der Waals surface area contributed by atoms with Crippen LogP contribution in [-0.2, 0) is 10.0 Å². The maximum Gasteiger partial charge on any atom is 0.337 e. The monoisotopic (exact) mass is 321 g/mol. The number of carboxylic acids is 1. The van der Waals surface area contributed by atoms with Crippen molar-refractivity contribution in [2.24, 2.45) is 5.92 Å². The van der Waals surface area contributed by atoms with Gasteiger partial charge in [-0.2, -0.15) is 0 Å². The first-order chi connectivity index (χ1) is 9.19. The van der Waals surface area contributed by atoms with Crippen LogP contribution in [-0.4, -0.2) is 37.2 Å². The van der Waals surface area contributed by atoms with E-state index in [1.54, 1.807) is 13.8 Å². The second kappa shape index (κ2) is 6.53. The molecule has 20 heavy (non-hydrogen) atoms. The predicted octanol–water partition coefficient (Wildman–Crippen LogP) is 1.33. The Morgan fingerprint density at radius 1 is 1.40 bits per heavy atom. The van der Waals surface area contributed by atoms with Crippen LogP contribution in [0.15, 0.2) is 23.1 Å². The van der Waals surface area contributed by atoms with Crippen LogP contribution in [0.1, 0.15) is 24.2 Å². The molecule has 0 saturated heterocycles. The smallest absolute Gasteiger partial charge is 0.337 e. The van der Waals surface area contributed by atoms with E-state index in [0.29, 0.717) is 0 Å². The molecule has 1 rings (SSSR count). The van der Waals surface area contributed by atoms with E-state index < -0.39 is 22.0 Å². The molecule has 1 atom stereocenters. The minimum atomic E-state index is -3.92. The first-order valence-corrected chi connectivity index (χ1v) is 7.71. The highest BCUT2D eigenvalue weighted by Gasteiger charge is 2.23. The summed E-state index contributed by atoms with van der Waals surface area (Å²) in [7, 11) is -3.92. The summed E-state index contributed by atoms with van der Waals surface area (Å²) in [6, 6.07) is 2.76. The van der Waals surface area contributed by atoms with Crippen molar-refractivity contribution in [1.29, 1.82) is 0 Å². The van der Waals surface area contributed by atoms with Crippen molar-refractivity contribution in [2.75, 3.05) is 6.61 Å². The lowest BCUT2D eigenvalue weighted by Crippen LogP contribution is -2.41. The van der Waals surface area contributed by atoms with E-state index >= 15 is 0 Å². The summed E-state index contributed by atoms with van der Waals surface area (Å²) < 4.78 is 26.6. The topological polar surface area (TPSA) is 104 Å². The summed E-state index contributed by atoms with van der Waals surface area (Å²) in [4.78, 5) is 10.7. The van der Waals surface area contributed by atoms with Gasteiger partial charge in [0.2, 0.25) is 10.0 Å². The molecule has 0 aromatic heterocycles. The van der Waals surface area contributed by atoms with Gasteiger partial charge in [0.25, 0.3) is 0 Å². The number of carboxylic acid groups (broad SMARTS) is 1. The number of hydrogen-bond acceptors (Lipinski definition) is 4. The van der Waals surface area contributed by atoms with Crippen molar-refractivity contribution in [2.45, 2.75) is 24.8 Å². The molecule has 0 bridgehead atoms. The van der Waals surface area contributed by atoms with Gasteiger partial charge in [0.05, 0.1) is 22.1 Å². The van der Waals surface area contributed by atoms with Crippen molar-refractivity contribution in [3.63, 3.8) is 0 Å². The number of benzene rings is 1. The molecule has 1 aromatic carbocycles. The third-order valence-electron chi connectivity index (χ3n) is 2.79. The fourth-order valence-electron chi connectivity index (χ4n) is 1.49. The fourth-order valence-corrected chi connectivity index (χ4v) is 3.09. The lowest BCUT2D eigenvalue weighted by molar-refractivity contribution is 0.0697. The Morgan fingerprint density at radius 2 is 2.00 bits per heavy atom. The van der Waals surface area contributed by atoms with Gasteiger partial charge >= 0.3 is 5.97 Å². The van der Waals surface area contributed by atoms with Crippen LogP contribution in [0.5, 0.6) is 0 Å². The number of aromatic carboxylic acids is 1. The molecule has 3 N–H and O–H groups in total. The molecule has 0 aliphatic carbocycles. The zero-order valence-electron chi connectivity index (χ0n) is 11.0. The molecule has 0 saturated carbocycles. The van der Waals surface area contributed by atoms with Crippen LogP contribution in [0, 0.1) is 5.92 Å². The van der Waals surface area contributed by atoms with E-state index in [9.17, 15) is 13.2 Å². The number of hydrogen-bond donors (Lipinski definition) is 3. The Labute approximate surface area is 122 Å². The van der Waals surface area contributed by atoms with Crippen LogP contribution < -0.4 is 4.72 Å². The lowest BCUT2D eigenvalue weighted by Gasteiger charge is -2.20. The van der Waals surface area contributed by atoms with Gasteiger partial charge in [-0.05, 0) is 24.1 Å². The molecule has 8 heteroatoms. The van der Waals surface area contributed by atoms with Gasteiger partial charge in [-0.15, -0.1) is 0 Å². The van der Waals surface area contributed by atoms with Gasteiger partial charge in [0, 0.05) is 6.04 Å². The van der Waals surface area contributed by atoms with E-state index in [2.05, 4.69) is 4.72 Å². The second-order valence-corrected chi connectivity index (χ2v) is 6.72. The van der Waals surface area contributed by atoms with Crippen LogP contribution in [0.25, 0.3) is 0 Å². The van der Waals surface area contributed by atoms with Crippen LogP contribution in [0.2, 0.25) is 5.02 Å². The summed E-state index contributed by atoms with van der Waals surface area (Å²) in [6.45, 7) is 3.16. The average Bonchev–Trinajstić information content (AvgIpc) is 2.35. The second-order valence-electron chi connectivity index (χ2n) is 4.60. The molecule has 0 radical (unpaired) electrons. The van der Waals surface area contributed by atoms with Gasteiger partial charge in [-0.3, -0.25) is 0 Å². The van der Waals surface area contributed by atoms with Gasteiger partial charge in [0.15, 0.2) is 0 Å². The largest absolute Gasteiger partial charge is 0.478 e. The zero-order chi connectivity index (χ0) is 15.5. The molecule has 0 amide bonds. The Morgan fingerprint density at radius 3 is 2.45 bits per heavy atom. The Kier molecular flexibility index (Phi) is 5.52. The molecular weight excluding hydrogens is 306 g/mol. The third kappa shape index (κ3) is 3.92. The predicted molar refractivity (Wildman–Crippen MR) is 74.4 cm³/mol. The molecule has 0 aliphatic heterocycles. The standard InChI is InChI=1S/C12H16ClNO5S/c1-7(2)11(6-15)14-20(18,19)8-3-4-10(13)9(5-8)12(16)17/h3-5,7,11,14-15H,6H2,1-2H3,(H,16,17). The van der Waals surface area contributed by atoms with Crippen molar-refractivity contribution in [3.05, 3.63) is 28.8 Å². The molecule has 0 spiro atoms. The normalized spacial score (nSPS) is 13.4. The van der Waals surface area contributed by atoms with E-state index in [0.717, 1.165) is 6.07 Å². The van der Waals surface area contributed by atoms with Crippen molar-refractivity contribution < 1.29 is 23.4 Å². The molecular formula is C12H16ClNO5S. The molecule has 112 valence electrons. The number of halogens is 1. The summed E-state index contributed by atoms with van der Waals surface area (Å²) >= 11 is 5.69. The van der Waals surface area contributed by atoms with Gasteiger partial charge in [0.1, 0.15) is 0 Å². The first kappa shape index (κ1) is 16.9. The molecule has 0 fully saturated rings. The van der Waals surface area contributed by atoms with E-state index in [1.807, 2.05) is 0 Å². The SMILES string of the molecule is CC(C)C(CO)NS(=O)(=O)c1ccc(Cl)c(C(=O)O)c1. The number of nitrogens with one attached hydrogen (secondary N) is 1. The summed E-state index contributed by atoms with van der Waals surface area (Å²) in [6.07, 6.45) is 0. The number of sulfonamides is 1. The quantitative estimate of drug-likeness (QED) is 0.733. The first-order valence-electron chi connectivity index (χ1n) is 5.85. The molecule has 1 aromatic rings. The summed E-state index contributed by atoms with van der Waals surface area (Å²) in [5.74, 6) is -1.42.